The molecule has 0 amide bonds. The van der Waals surface area contributed by atoms with Gasteiger partial charge in [-0.1, -0.05) is 12.1 Å². The lowest BCUT2D eigenvalue weighted by Crippen LogP contribution is -2.08. The largest absolute Gasteiger partial charge is 0.508 e. The van der Waals surface area contributed by atoms with Crippen molar-refractivity contribution in [1.82, 2.24) is 9.97 Å². The molecule has 0 fully saturated rings. The van der Waals surface area contributed by atoms with Crippen molar-refractivity contribution in [1.29, 1.82) is 0 Å². The molecule has 3 rings (SSSR count). The first kappa shape index (κ1) is 14.8. The second kappa shape index (κ2) is 5.92. The van der Waals surface area contributed by atoms with Crippen molar-refractivity contribution >= 4 is 22.7 Å². The van der Waals surface area contributed by atoms with Gasteiger partial charge in [0.1, 0.15) is 17.1 Å². The SMILES string of the molecule is CCOC(=O)c1cnc(N)c2nc(-c3cccc(O)c3)ccc12. The number of phenols is 1. The first-order valence-electron chi connectivity index (χ1n) is 7.12. The first-order valence-corrected chi connectivity index (χ1v) is 7.12. The van der Waals surface area contributed by atoms with Gasteiger partial charge in [-0.05, 0) is 31.2 Å². The number of fused-ring (bicyclic) bond motifs is 1. The first-order chi connectivity index (χ1) is 11.1. The van der Waals surface area contributed by atoms with E-state index in [0.717, 1.165) is 5.56 Å². The van der Waals surface area contributed by atoms with Crippen molar-refractivity contribution < 1.29 is 14.6 Å². The molecule has 0 spiro atoms. The van der Waals surface area contributed by atoms with Gasteiger partial charge in [-0.25, -0.2) is 14.8 Å². The molecule has 0 aliphatic heterocycles. The van der Waals surface area contributed by atoms with Gasteiger partial charge in [0.15, 0.2) is 0 Å². The number of anilines is 1. The molecular weight excluding hydrogens is 294 g/mol. The van der Waals surface area contributed by atoms with E-state index in [9.17, 15) is 9.90 Å². The monoisotopic (exact) mass is 309 g/mol. The topological polar surface area (TPSA) is 98.3 Å². The predicted molar refractivity (Wildman–Crippen MR) is 87.0 cm³/mol. The average molecular weight is 309 g/mol. The van der Waals surface area contributed by atoms with Crippen LogP contribution >= 0.6 is 0 Å². The number of benzene rings is 1. The maximum absolute atomic E-state index is 12.0. The maximum atomic E-state index is 12.0. The van der Waals surface area contributed by atoms with E-state index < -0.39 is 5.97 Å². The van der Waals surface area contributed by atoms with Gasteiger partial charge in [-0.15, -0.1) is 0 Å². The molecule has 3 aromatic rings. The predicted octanol–water partition coefficient (Wildman–Crippen LogP) is 2.76. The molecule has 6 heteroatoms. The van der Waals surface area contributed by atoms with E-state index in [1.165, 1.54) is 6.20 Å². The summed E-state index contributed by atoms with van der Waals surface area (Å²) in [6.45, 7) is 2.02. The number of carbonyl (C=O) groups is 1. The lowest BCUT2D eigenvalue weighted by Gasteiger charge is -2.09. The summed E-state index contributed by atoms with van der Waals surface area (Å²) in [5, 5.41) is 10.2. The Labute approximate surface area is 132 Å². The van der Waals surface area contributed by atoms with Crippen LogP contribution in [-0.4, -0.2) is 27.7 Å². The third kappa shape index (κ3) is 2.78. The van der Waals surface area contributed by atoms with Crippen LogP contribution < -0.4 is 5.73 Å². The molecule has 0 saturated carbocycles. The van der Waals surface area contributed by atoms with Crippen LogP contribution in [0.2, 0.25) is 0 Å². The number of carbonyl (C=O) groups excluding carboxylic acids is 1. The van der Waals surface area contributed by atoms with Crippen molar-refractivity contribution in [2.45, 2.75) is 6.92 Å². The molecule has 0 saturated heterocycles. The highest BCUT2D eigenvalue weighted by molar-refractivity contribution is 6.06. The summed E-state index contributed by atoms with van der Waals surface area (Å²) in [5.41, 5.74) is 8.02. The van der Waals surface area contributed by atoms with E-state index in [1.807, 2.05) is 6.07 Å². The van der Waals surface area contributed by atoms with E-state index in [4.69, 9.17) is 10.5 Å². The van der Waals surface area contributed by atoms with Gasteiger partial charge in [-0.3, -0.25) is 0 Å². The third-order valence-corrected chi connectivity index (χ3v) is 3.40. The van der Waals surface area contributed by atoms with Gasteiger partial charge in [0.05, 0.1) is 17.9 Å². The number of nitrogens with zero attached hydrogens (tertiary/aromatic N) is 2. The third-order valence-electron chi connectivity index (χ3n) is 3.40. The Morgan fingerprint density at radius 3 is 2.87 bits per heavy atom. The number of hydrogen-bond acceptors (Lipinski definition) is 6. The molecule has 0 bridgehead atoms. The van der Waals surface area contributed by atoms with Crippen LogP contribution in [0, 0.1) is 0 Å². The molecule has 0 atom stereocenters. The summed E-state index contributed by atoms with van der Waals surface area (Å²) < 4.78 is 5.03. The zero-order chi connectivity index (χ0) is 16.4. The molecule has 0 aliphatic carbocycles. The minimum atomic E-state index is -0.461. The lowest BCUT2D eigenvalue weighted by atomic mass is 10.1. The fourth-order valence-electron chi connectivity index (χ4n) is 2.33. The molecule has 2 heterocycles. The molecule has 116 valence electrons. The quantitative estimate of drug-likeness (QED) is 0.722. The lowest BCUT2D eigenvalue weighted by molar-refractivity contribution is 0.0528. The minimum Gasteiger partial charge on any atom is -0.508 e. The second-order valence-electron chi connectivity index (χ2n) is 4.92. The summed E-state index contributed by atoms with van der Waals surface area (Å²) in [5.74, 6) is -0.0808. The highest BCUT2D eigenvalue weighted by Gasteiger charge is 2.15. The van der Waals surface area contributed by atoms with E-state index >= 15 is 0 Å². The summed E-state index contributed by atoms with van der Waals surface area (Å²) in [7, 11) is 0. The highest BCUT2D eigenvalue weighted by atomic mass is 16.5. The number of aromatic hydroxyl groups is 1. The fraction of sp³-hybridized carbons (Fsp3) is 0.118. The number of aromatic nitrogens is 2. The van der Waals surface area contributed by atoms with Crippen molar-refractivity contribution in [3.05, 3.63) is 48.2 Å². The van der Waals surface area contributed by atoms with Crippen molar-refractivity contribution in [2.75, 3.05) is 12.3 Å². The van der Waals surface area contributed by atoms with Crippen LogP contribution in [0.4, 0.5) is 5.82 Å². The van der Waals surface area contributed by atoms with Crippen LogP contribution in [0.5, 0.6) is 5.75 Å². The van der Waals surface area contributed by atoms with Crippen molar-refractivity contribution in [2.24, 2.45) is 0 Å². The van der Waals surface area contributed by atoms with Crippen LogP contribution in [0.25, 0.3) is 22.2 Å². The molecular formula is C17H15N3O3. The molecule has 3 N–H and O–H groups in total. The van der Waals surface area contributed by atoms with Crippen LogP contribution in [0.1, 0.15) is 17.3 Å². The Hall–Kier alpha value is -3.15. The van der Waals surface area contributed by atoms with Gasteiger partial charge in [-0.2, -0.15) is 0 Å². The van der Waals surface area contributed by atoms with E-state index in [2.05, 4.69) is 9.97 Å². The summed E-state index contributed by atoms with van der Waals surface area (Å²) in [4.78, 5) is 20.5. The van der Waals surface area contributed by atoms with Gasteiger partial charge < -0.3 is 15.6 Å². The second-order valence-corrected chi connectivity index (χ2v) is 4.92. The number of phenolic OH excluding ortho intramolecular Hbond substituents is 1. The molecule has 2 aromatic heterocycles. The molecule has 0 unspecified atom stereocenters. The van der Waals surface area contributed by atoms with Crippen LogP contribution in [-0.2, 0) is 4.74 Å². The van der Waals surface area contributed by atoms with Gasteiger partial charge in [0, 0.05) is 17.1 Å². The maximum Gasteiger partial charge on any atom is 0.340 e. The number of esters is 1. The highest BCUT2D eigenvalue weighted by Crippen LogP contribution is 2.27. The summed E-state index contributed by atoms with van der Waals surface area (Å²) in [6, 6.07) is 10.3. The molecule has 0 aliphatic rings. The number of rotatable bonds is 3. The van der Waals surface area contributed by atoms with Crippen LogP contribution in [0.3, 0.4) is 0 Å². The zero-order valence-electron chi connectivity index (χ0n) is 12.5. The summed E-state index contributed by atoms with van der Waals surface area (Å²) in [6.07, 6.45) is 1.39. The Morgan fingerprint density at radius 1 is 1.30 bits per heavy atom. The zero-order valence-corrected chi connectivity index (χ0v) is 12.5. The van der Waals surface area contributed by atoms with Crippen molar-refractivity contribution in [3.8, 4) is 17.0 Å². The Morgan fingerprint density at radius 2 is 2.13 bits per heavy atom. The summed E-state index contributed by atoms with van der Waals surface area (Å²) >= 11 is 0. The molecule has 23 heavy (non-hydrogen) atoms. The van der Waals surface area contributed by atoms with Gasteiger partial charge in [0.25, 0.3) is 0 Å². The molecule has 6 nitrogen and oxygen atoms in total. The number of nitrogens with two attached hydrogens (primary N) is 1. The molecule has 0 radical (unpaired) electrons. The van der Waals surface area contributed by atoms with Crippen LogP contribution in [0.15, 0.2) is 42.6 Å². The van der Waals surface area contributed by atoms with E-state index in [1.54, 1.807) is 37.3 Å². The van der Waals surface area contributed by atoms with Crippen molar-refractivity contribution in [3.63, 3.8) is 0 Å². The smallest absolute Gasteiger partial charge is 0.340 e. The number of hydrogen-bond donors (Lipinski definition) is 2. The number of ether oxygens (including phenoxy) is 1. The Bertz CT molecular complexity index is 893. The Kier molecular flexibility index (Phi) is 3.80. The van der Waals surface area contributed by atoms with E-state index in [-0.39, 0.29) is 18.2 Å². The van der Waals surface area contributed by atoms with Gasteiger partial charge >= 0.3 is 5.97 Å². The molecule has 1 aromatic carbocycles. The number of nitrogen functional groups attached to an aromatic ring is 1. The fourth-order valence-corrected chi connectivity index (χ4v) is 2.33. The minimum absolute atomic E-state index is 0.149. The van der Waals surface area contributed by atoms with E-state index in [0.29, 0.717) is 22.2 Å². The van der Waals surface area contributed by atoms with Gasteiger partial charge in [0.2, 0.25) is 0 Å². The normalized spacial score (nSPS) is 10.7. The Balaban J connectivity index is 2.17. The number of pyridine rings is 2. The standard InChI is InChI=1S/C17H15N3O3/c1-2-23-17(22)13-9-19-16(18)15-12(13)6-7-14(20-15)10-4-3-5-11(21)8-10/h3-9,21H,2H2,1H3,(H2,18,19). The average Bonchev–Trinajstić information content (AvgIpc) is 2.55.